The molecule has 0 aliphatic rings. The lowest BCUT2D eigenvalue weighted by Crippen LogP contribution is -2.08. The summed E-state index contributed by atoms with van der Waals surface area (Å²) in [5, 5.41) is 9.08. The summed E-state index contributed by atoms with van der Waals surface area (Å²) < 4.78 is 1.68. The Balaban J connectivity index is 1.66. The van der Waals surface area contributed by atoms with Gasteiger partial charge < -0.3 is 14.7 Å². The number of carboxylic acid groups (broad SMARTS) is 1. The predicted octanol–water partition coefficient (Wildman–Crippen LogP) is 2.89. The van der Waals surface area contributed by atoms with E-state index in [9.17, 15) is 9.59 Å². The topological polar surface area (TPSA) is 101 Å². The predicted molar refractivity (Wildman–Crippen MR) is 95.1 cm³/mol. The van der Waals surface area contributed by atoms with E-state index in [1.807, 2.05) is 0 Å². The largest absolute Gasteiger partial charge is 0.478 e. The molecule has 2 heterocycles. The maximum Gasteiger partial charge on any atom is 0.335 e. The van der Waals surface area contributed by atoms with E-state index in [1.165, 1.54) is 6.07 Å². The van der Waals surface area contributed by atoms with Gasteiger partial charge in [0, 0.05) is 30.6 Å². The minimum Gasteiger partial charge on any atom is -0.478 e. The molecule has 0 fully saturated rings. The van der Waals surface area contributed by atoms with Crippen molar-refractivity contribution in [2.75, 3.05) is 0 Å². The summed E-state index contributed by atoms with van der Waals surface area (Å²) in [7, 11) is 1.77. The van der Waals surface area contributed by atoms with Crippen LogP contribution >= 0.6 is 0 Å². The number of carbonyl (C=O) groups excluding carboxylic acids is 1. The highest BCUT2D eigenvalue weighted by Crippen LogP contribution is 2.22. The van der Waals surface area contributed by atoms with Crippen molar-refractivity contribution in [2.45, 2.75) is 0 Å². The van der Waals surface area contributed by atoms with E-state index in [1.54, 1.807) is 60.4 Å². The van der Waals surface area contributed by atoms with Crippen LogP contribution in [0.5, 0.6) is 0 Å². The zero-order valence-electron chi connectivity index (χ0n) is 13.8. The van der Waals surface area contributed by atoms with Crippen LogP contribution in [0.25, 0.3) is 22.4 Å². The van der Waals surface area contributed by atoms with Crippen LogP contribution in [-0.4, -0.2) is 36.4 Å². The standard InChI is InChI=1S/C19H14N4O3/c1-23-9-8-20-18(23)16(24)11-2-4-12(5-3-11)17-21-14-7-6-13(19(25)26)10-15(14)22-17/h2-10H,1H3,(H,21,22)(H,25,26). The van der Waals surface area contributed by atoms with Crippen molar-refractivity contribution in [3.05, 3.63) is 71.8 Å². The van der Waals surface area contributed by atoms with Gasteiger partial charge in [-0.1, -0.05) is 24.3 Å². The number of hydrogen-bond donors (Lipinski definition) is 2. The van der Waals surface area contributed by atoms with Gasteiger partial charge in [0.05, 0.1) is 16.6 Å². The molecule has 0 atom stereocenters. The highest BCUT2D eigenvalue weighted by atomic mass is 16.4. The van der Waals surface area contributed by atoms with Crippen LogP contribution in [0, 0.1) is 0 Å². The fourth-order valence-electron chi connectivity index (χ4n) is 2.77. The second-order valence-corrected chi connectivity index (χ2v) is 5.89. The number of ketones is 1. The van der Waals surface area contributed by atoms with Crippen molar-refractivity contribution < 1.29 is 14.7 Å². The molecule has 0 saturated heterocycles. The molecule has 0 unspecified atom stereocenters. The molecule has 0 spiro atoms. The van der Waals surface area contributed by atoms with Crippen LogP contribution in [0.4, 0.5) is 0 Å². The number of aryl methyl sites for hydroxylation is 1. The summed E-state index contributed by atoms with van der Waals surface area (Å²) in [5.41, 5.74) is 2.86. The van der Waals surface area contributed by atoms with Gasteiger partial charge in [-0.2, -0.15) is 0 Å². The van der Waals surface area contributed by atoms with Crippen LogP contribution in [0.15, 0.2) is 54.9 Å². The van der Waals surface area contributed by atoms with Crippen molar-refractivity contribution in [2.24, 2.45) is 7.05 Å². The Morgan fingerprint density at radius 3 is 2.46 bits per heavy atom. The number of hydrogen-bond acceptors (Lipinski definition) is 4. The maximum absolute atomic E-state index is 12.5. The number of benzene rings is 2. The molecule has 0 saturated carbocycles. The van der Waals surface area contributed by atoms with Gasteiger partial charge in [-0.25, -0.2) is 14.8 Å². The minimum atomic E-state index is -0.986. The molecule has 4 rings (SSSR count). The molecule has 2 N–H and O–H groups in total. The Hall–Kier alpha value is -3.74. The summed E-state index contributed by atoms with van der Waals surface area (Å²) in [5.74, 6) is -0.152. The van der Waals surface area contributed by atoms with Crippen molar-refractivity contribution >= 4 is 22.8 Å². The third-order valence-corrected chi connectivity index (χ3v) is 4.17. The molecular weight excluding hydrogens is 332 g/mol. The Kier molecular flexibility index (Phi) is 3.62. The van der Waals surface area contributed by atoms with Crippen molar-refractivity contribution in [3.63, 3.8) is 0 Å². The second kappa shape index (κ2) is 5.96. The molecule has 26 heavy (non-hydrogen) atoms. The van der Waals surface area contributed by atoms with Gasteiger partial charge in [0.1, 0.15) is 5.82 Å². The van der Waals surface area contributed by atoms with E-state index < -0.39 is 5.97 Å². The Labute approximate surface area is 148 Å². The lowest BCUT2D eigenvalue weighted by atomic mass is 10.1. The maximum atomic E-state index is 12.5. The van der Waals surface area contributed by atoms with E-state index in [2.05, 4.69) is 15.0 Å². The lowest BCUT2D eigenvalue weighted by Gasteiger charge is -2.02. The number of nitrogens with zero attached hydrogens (tertiary/aromatic N) is 3. The summed E-state index contributed by atoms with van der Waals surface area (Å²) in [4.78, 5) is 35.2. The van der Waals surface area contributed by atoms with Crippen LogP contribution in [0.1, 0.15) is 26.5 Å². The number of aromatic nitrogens is 4. The fourth-order valence-corrected chi connectivity index (χ4v) is 2.77. The number of aromatic amines is 1. The summed E-state index contributed by atoms with van der Waals surface area (Å²) >= 11 is 0. The normalized spacial score (nSPS) is 11.0. The molecule has 7 heteroatoms. The summed E-state index contributed by atoms with van der Waals surface area (Å²) in [6.07, 6.45) is 3.31. The first kappa shape index (κ1) is 15.8. The molecule has 2 aromatic heterocycles. The summed E-state index contributed by atoms with van der Waals surface area (Å²) in [6, 6.07) is 11.8. The number of nitrogens with one attached hydrogen (secondary N) is 1. The van der Waals surface area contributed by atoms with Gasteiger partial charge in [0.25, 0.3) is 0 Å². The second-order valence-electron chi connectivity index (χ2n) is 5.89. The molecule has 0 amide bonds. The van der Waals surface area contributed by atoms with E-state index in [0.29, 0.717) is 28.2 Å². The molecule has 128 valence electrons. The Morgan fingerprint density at radius 2 is 1.81 bits per heavy atom. The first-order valence-corrected chi connectivity index (χ1v) is 7.88. The highest BCUT2D eigenvalue weighted by molar-refractivity contribution is 6.06. The van der Waals surface area contributed by atoms with Crippen LogP contribution in [-0.2, 0) is 7.05 Å². The van der Waals surface area contributed by atoms with Crippen molar-refractivity contribution in [1.82, 2.24) is 19.5 Å². The van der Waals surface area contributed by atoms with E-state index in [-0.39, 0.29) is 11.3 Å². The van der Waals surface area contributed by atoms with Gasteiger partial charge in [0.15, 0.2) is 5.82 Å². The van der Waals surface area contributed by atoms with E-state index in [4.69, 9.17) is 5.11 Å². The SMILES string of the molecule is Cn1ccnc1C(=O)c1ccc(-c2nc3ccc(C(=O)O)cc3[nH]2)cc1. The molecule has 2 aromatic carbocycles. The van der Waals surface area contributed by atoms with Crippen LogP contribution < -0.4 is 0 Å². The lowest BCUT2D eigenvalue weighted by molar-refractivity contribution is 0.0697. The average molecular weight is 346 g/mol. The monoisotopic (exact) mass is 346 g/mol. The third-order valence-electron chi connectivity index (χ3n) is 4.17. The Morgan fingerprint density at radius 1 is 1.08 bits per heavy atom. The first-order chi connectivity index (χ1) is 12.5. The molecule has 0 bridgehead atoms. The van der Waals surface area contributed by atoms with Crippen molar-refractivity contribution in [1.29, 1.82) is 0 Å². The van der Waals surface area contributed by atoms with Gasteiger partial charge >= 0.3 is 5.97 Å². The molecule has 0 aliphatic heterocycles. The number of imidazole rings is 2. The zero-order chi connectivity index (χ0) is 18.3. The molecule has 0 aliphatic carbocycles. The smallest absolute Gasteiger partial charge is 0.335 e. The molecule has 7 nitrogen and oxygen atoms in total. The highest BCUT2D eigenvalue weighted by Gasteiger charge is 2.14. The average Bonchev–Trinajstić information content (AvgIpc) is 3.26. The van der Waals surface area contributed by atoms with Crippen molar-refractivity contribution in [3.8, 4) is 11.4 Å². The molecular formula is C19H14N4O3. The summed E-state index contributed by atoms with van der Waals surface area (Å²) in [6.45, 7) is 0. The van der Waals surface area contributed by atoms with Crippen LogP contribution in [0.3, 0.4) is 0 Å². The third kappa shape index (κ3) is 2.65. The number of aromatic carboxylic acids is 1. The minimum absolute atomic E-state index is 0.153. The molecule has 0 radical (unpaired) electrons. The number of rotatable bonds is 4. The number of carboxylic acids is 1. The van der Waals surface area contributed by atoms with Gasteiger partial charge in [-0.15, -0.1) is 0 Å². The first-order valence-electron chi connectivity index (χ1n) is 7.88. The van der Waals surface area contributed by atoms with Crippen LogP contribution in [0.2, 0.25) is 0 Å². The zero-order valence-corrected chi connectivity index (χ0v) is 13.8. The quantitative estimate of drug-likeness (QED) is 0.553. The molecule has 4 aromatic rings. The van der Waals surface area contributed by atoms with Gasteiger partial charge in [-0.05, 0) is 18.2 Å². The van der Waals surface area contributed by atoms with E-state index >= 15 is 0 Å². The number of fused-ring (bicyclic) bond motifs is 1. The van der Waals surface area contributed by atoms with Gasteiger partial charge in [-0.3, -0.25) is 4.79 Å². The fraction of sp³-hybridized carbons (Fsp3) is 0.0526. The number of H-pyrrole nitrogens is 1. The number of carbonyl (C=O) groups is 2. The van der Waals surface area contributed by atoms with Gasteiger partial charge in [0.2, 0.25) is 5.78 Å². The Bertz CT molecular complexity index is 1140. The van der Waals surface area contributed by atoms with E-state index in [0.717, 1.165) is 5.56 Å².